The van der Waals surface area contributed by atoms with Gasteiger partial charge in [-0.25, -0.2) is 0 Å². The number of benzene rings is 1. The quantitative estimate of drug-likeness (QED) is 0.610. The predicted molar refractivity (Wildman–Crippen MR) is 94.7 cm³/mol. The first kappa shape index (κ1) is 17.2. The van der Waals surface area contributed by atoms with Crippen molar-refractivity contribution in [2.45, 2.75) is 50.2 Å². The molecule has 1 aromatic rings. The molecule has 1 aromatic carbocycles. The van der Waals surface area contributed by atoms with Crippen molar-refractivity contribution in [3.8, 4) is 0 Å². The minimum absolute atomic E-state index is 0.0653. The highest BCUT2D eigenvalue weighted by Gasteiger charge is 2.48. The average molecular weight is 356 g/mol. The number of fused-ring (bicyclic) bond motifs is 3. The monoisotopic (exact) mass is 356 g/mol. The largest absolute Gasteiger partial charge is 0.469 e. The molecule has 0 aliphatic carbocycles. The third-order valence-electron chi connectivity index (χ3n) is 6.44. The summed E-state index contributed by atoms with van der Waals surface area (Å²) in [5, 5.41) is 0. The Hall–Kier alpha value is -2.21. The maximum atomic E-state index is 12.9. The number of methoxy groups -OCH3 is 1. The Morgan fingerprint density at radius 3 is 2.15 bits per heavy atom. The van der Waals surface area contributed by atoms with Crippen LogP contribution in [0.3, 0.4) is 0 Å². The Balaban J connectivity index is 1.65. The van der Waals surface area contributed by atoms with Gasteiger partial charge in [0.15, 0.2) is 0 Å². The number of ether oxygens (including phenoxy) is 1. The van der Waals surface area contributed by atoms with Gasteiger partial charge in [-0.1, -0.05) is 12.1 Å². The van der Waals surface area contributed by atoms with Crippen molar-refractivity contribution in [2.75, 3.05) is 14.2 Å². The zero-order chi connectivity index (χ0) is 18.4. The number of nitrogens with zero attached hydrogens (tertiary/aromatic N) is 2. The first-order valence-electron chi connectivity index (χ1n) is 9.27. The van der Waals surface area contributed by atoms with Gasteiger partial charge in [0, 0.05) is 12.1 Å². The summed E-state index contributed by atoms with van der Waals surface area (Å²) >= 11 is 0. The molecule has 3 aliphatic heterocycles. The second-order valence-corrected chi connectivity index (χ2v) is 7.66. The highest BCUT2D eigenvalue weighted by atomic mass is 16.5. The van der Waals surface area contributed by atoms with E-state index in [1.54, 1.807) is 24.3 Å². The molecule has 0 aromatic heterocycles. The number of amides is 2. The molecule has 0 radical (unpaired) electrons. The number of carbonyl (C=O) groups excluding carboxylic acids is 3. The maximum absolute atomic E-state index is 12.9. The topological polar surface area (TPSA) is 66.9 Å². The molecule has 26 heavy (non-hydrogen) atoms. The molecular formula is C20H24N2O4. The van der Waals surface area contributed by atoms with Crippen molar-refractivity contribution in [1.82, 2.24) is 9.80 Å². The van der Waals surface area contributed by atoms with Crippen LogP contribution >= 0.6 is 0 Å². The van der Waals surface area contributed by atoms with E-state index in [2.05, 4.69) is 11.9 Å². The lowest BCUT2D eigenvalue weighted by atomic mass is 9.83. The summed E-state index contributed by atoms with van der Waals surface area (Å²) in [4.78, 5) is 41.7. The Morgan fingerprint density at radius 1 is 1.12 bits per heavy atom. The van der Waals surface area contributed by atoms with Crippen LogP contribution < -0.4 is 0 Å². The zero-order valence-corrected chi connectivity index (χ0v) is 15.2. The van der Waals surface area contributed by atoms with Gasteiger partial charge in [0.25, 0.3) is 11.8 Å². The molecule has 138 valence electrons. The average Bonchev–Trinajstić information content (AvgIpc) is 3.00. The molecule has 2 saturated heterocycles. The van der Waals surface area contributed by atoms with Crippen LogP contribution in [0.5, 0.6) is 0 Å². The van der Waals surface area contributed by atoms with E-state index in [-0.39, 0.29) is 30.1 Å². The Bertz CT molecular complexity index is 713. The van der Waals surface area contributed by atoms with Crippen LogP contribution in [0.1, 0.15) is 52.8 Å². The van der Waals surface area contributed by atoms with Crippen LogP contribution in [-0.4, -0.2) is 59.9 Å². The predicted octanol–water partition coefficient (Wildman–Crippen LogP) is 2.09. The number of esters is 1. The molecular weight excluding hydrogens is 332 g/mol. The van der Waals surface area contributed by atoms with E-state index >= 15 is 0 Å². The Labute approximate surface area is 153 Å². The molecule has 2 amide bonds. The van der Waals surface area contributed by atoms with Crippen molar-refractivity contribution < 1.29 is 19.1 Å². The van der Waals surface area contributed by atoms with Gasteiger partial charge in [0.2, 0.25) is 0 Å². The van der Waals surface area contributed by atoms with E-state index in [0.29, 0.717) is 23.2 Å². The first-order chi connectivity index (χ1) is 12.5. The second kappa shape index (κ2) is 6.50. The van der Waals surface area contributed by atoms with Crippen LogP contribution in [0.4, 0.5) is 0 Å². The zero-order valence-electron chi connectivity index (χ0n) is 15.2. The summed E-state index contributed by atoms with van der Waals surface area (Å²) in [5.74, 6) is -0.820. The summed E-state index contributed by atoms with van der Waals surface area (Å²) in [6.07, 6.45) is 4.16. The molecule has 6 heteroatoms. The van der Waals surface area contributed by atoms with E-state index in [9.17, 15) is 14.4 Å². The Morgan fingerprint density at radius 2 is 1.65 bits per heavy atom. The van der Waals surface area contributed by atoms with Crippen molar-refractivity contribution in [3.63, 3.8) is 0 Å². The SMILES string of the molecule is COC(=O)CC(C1CC2CCC(C1)N2C)N1C(=O)c2ccccc2C1=O. The molecule has 3 unspecified atom stereocenters. The van der Waals surface area contributed by atoms with Gasteiger partial charge in [-0.3, -0.25) is 19.3 Å². The second-order valence-electron chi connectivity index (χ2n) is 7.66. The fraction of sp³-hybridized carbons (Fsp3) is 0.550. The summed E-state index contributed by atoms with van der Waals surface area (Å²) in [5.41, 5.74) is 0.867. The van der Waals surface area contributed by atoms with Crippen LogP contribution in [0.25, 0.3) is 0 Å². The fourth-order valence-electron chi connectivity index (χ4n) is 5.00. The third-order valence-corrected chi connectivity index (χ3v) is 6.44. The molecule has 2 fully saturated rings. The van der Waals surface area contributed by atoms with E-state index in [4.69, 9.17) is 4.74 Å². The lowest BCUT2D eigenvalue weighted by Crippen LogP contribution is -2.51. The number of hydrogen-bond acceptors (Lipinski definition) is 5. The van der Waals surface area contributed by atoms with Crippen LogP contribution in [-0.2, 0) is 9.53 Å². The minimum atomic E-state index is -0.438. The molecule has 3 atom stereocenters. The molecule has 0 spiro atoms. The van der Waals surface area contributed by atoms with Gasteiger partial charge < -0.3 is 9.64 Å². The number of imide groups is 1. The van der Waals surface area contributed by atoms with Gasteiger partial charge >= 0.3 is 5.97 Å². The molecule has 3 aliphatic rings. The maximum Gasteiger partial charge on any atom is 0.307 e. The van der Waals surface area contributed by atoms with Gasteiger partial charge in [0.05, 0.1) is 30.7 Å². The normalized spacial score (nSPS) is 29.0. The Kier molecular flexibility index (Phi) is 4.31. The summed E-state index contributed by atoms with van der Waals surface area (Å²) in [6.45, 7) is 0. The van der Waals surface area contributed by atoms with Gasteiger partial charge in [0.1, 0.15) is 0 Å². The third kappa shape index (κ3) is 2.63. The number of rotatable bonds is 4. The van der Waals surface area contributed by atoms with Crippen LogP contribution in [0.2, 0.25) is 0 Å². The highest BCUT2D eigenvalue weighted by Crippen LogP contribution is 2.42. The molecule has 0 saturated carbocycles. The lowest BCUT2D eigenvalue weighted by molar-refractivity contribution is -0.142. The number of carbonyl (C=O) groups is 3. The smallest absolute Gasteiger partial charge is 0.307 e. The fourth-order valence-corrected chi connectivity index (χ4v) is 5.00. The van der Waals surface area contributed by atoms with E-state index in [0.717, 1.165) is 25.7 Å². The van der Waals surface area contributed by atoms with Crippen molar-refractivity contribution in [3.05, 3.63) is 35.4 Å². The number of piperidine rings is 1. The van der Waals surface area contributed by atoms with Gasteiger partial charge in [-0.15, -0.1) is 0 Å². The van der Waals surface area contributed by atoms with Crippen molar-refractivity contribution in [1.29, 1.82) is 0 Å². The van der Waals surface area contributed by atoms with E-state index in [1.807, 2.05) is 0 Å². The van der Waals surface area contributed by atoms with Crippen molar-refractivity contribution in [2.24, 2.45) is 5.92 Å². The van der Waals surface area contributed by atoms with E-state index < -0.39 is 6.04 Å². The molecule has 0 N–H and O–H groups in total. The molecule has 6 nitrogen and oxygen atoms in total. The minimum Gasteiger partial charge on any atom is -0.469 e. The summed E-state index contributed by atoms with van der Waals surface area (Å²) < 4.78 is 4.87. The lowest BCUT2D eigenvalue weighted by Gasteiger charge is -2.41. The van der Waals surface area contributed by atoms with Gasteiger partial charge in [-0.05, 0) is 50.8 Å². The molecule has 4 rings (SSSR count). The summed E-state index contributed by atoms with van der Waals surface area (Å²) in [6, 6.07) is 7.39. The molecule has 3 heterocycles. The highest BCUT2D eigenvalue weighted by molar-refractivity contribution is 6.21. The first-order valence-corrected chi connectivity index (χ1v) is 9.27. The van der Waals surface area contributed by atoms with Gasteiger partial charge in [-0.2, -0.15) is 0 Å². The van der Waals surface area contributed by atoms with Crippen LogP contribution in [0.15, 0.2) is 24.3 Å². The van der Waals surface area contributed by atoms with Crippen LogP contribution in [0, 0.1) is 5.92 Å². The summed E-state index contributed by atoms with van der Waals surface area (Å²) in [7, 11) is 3.50. The molecule has 2 bridgehead atoms. The standard InChI is InChI=1S/C20H24N2O4/c1-21-13-7-8-14(21)10-12(9-13)17(11-18(23)26-2)22-19(24)15-5-3-4-6-16(15)20(22)25/h3-6,12-14,17H,7-11H2,1-2H3. The number of hydrogen-bond donors (Lipinski definition) is 0. The van der Waals surface area contributed by atoms with E-state index in [1.165, 1.54) is 12.0 Å². The van der Waals surface area contributed by atoms with Crippen molar-refractivity contribution >= 4 is 17.8 Å².